The van der Waals surface area contributed by atoms with Crippen LogP contribution in [-0.4, -0.2) is 24.4 Å². The number of methoxy groups -OCH3 is 1. The van der Waals surface area contributed by atoms with Gasteiger partial charge in [0.2, 0.25) is 0 Å². The molecule has 0 amide bonds. The molecule has 5 rings (SSSR count). The number of hydrogen-bond donors (Lipinski definition) is 1. The van der Waals surface area contributed by atoms with Crippen LogP contribution in [0.3, 0.4) is 0 Å². The Morgan fingerprint density at radius 1 is 0.821 bits per heavy atom. The van der Waals surface area contributed by atoms with Crippen molar-refractivity contribution in [3.63, 3.8) is 0 Å². The summed E-state index contributed by atoms with van der Waals surface area (Å²) in [7, 11) is 1.36. The maximum atomic E-state index is 12.6. The number of aromatic nitrogens is 1. The van der Waals surface area contributed by atoms with Crippen LogP contribution in [0.5, 0.6) is 5.75 Å². The number of aromatic amines is 1. The average Bonchev–Trinajstić information content (AvgIpc) is 3.36. The lowest BCUT2D eigenvalue weighted by Crippen LogP contribution is -2.16. The number of esters is 1. The smallest absolute Gasteiger partial charge is 0.465 e. The maximum absolute atomic E-state index is 12.6. The molecule has 1 heterocycles. The van der Waals surface area contributed by atoms with Gasteiger partial charge >= 0.3 is 12.3 Å². The number of hydrogen-bond acceptors (Lipinski definition) is 3. The van der Waals surface area contributed by atoms with Crippen molar-refractivity contribution in [1.82, 2.24) is 4.98 Å². The lowest BCUT2D eigenvalue weighted by molar-refractivity contribution is -0.274. The number of nitrogens with one attached hydrogen (secondary N) is 1. The molecule has 0 bridgehead atoms. The summed E-state index contributed by atoms with van der Waals surface area (Å²) in [6.45, 7) is 2.15. The van der Waals surface area contributed by atoms with E-state index in [4.69, 9.17) is 4.74 Å². The highest BCUT2D eigenvalue weighted by atomic mass is 19.4. The molecule has 0 fully saturated rings. The minimum atomic E-state index is -4.74. The maximum Gasteiger partial charge on any atom is 0.573 e. The minimum absolute atomic E-state index is 0.0220. The fourth-order valence-electron chi connectivity index (χ4n) is 5.08. The van der Waals surface area contributed by atoms with Gasteiger partial charge in [-0.2, -0.15) is 0 Å². The highest BCUT2D eigenvalue weighted by Gasteiger charge is 2.31. The Morgan fingerprint density at radius 2 is 1.54 bits per heavy atom. The normalized spacial score (nSPS) is 13.2. The van der Waals surface area contributed by atoms with Crippen molar-refractivity contribution in [1.29, 1.82) is 0 Å². The van der Waals surface area contributed by atoms with Gasteiger partial charge in [0.1, 0.15) is 5.75 Å². The largest absolute Gasteiger partial charge is 0.573 e. The van der Waals surface area contributed by atoms with Crippen molar-refractivity contribution >= 4 is 16.9 Å². The molecule has 2 unspecified atom stereocenters. The summed E-state index contributed by atoms with van der Waals surface area (Å²) in [5.74, 6) is -0.684. The van der Waals surface area contributed by atoms with E-state index < -0.39 is 6.36 Å². The van der Waals surface area contributed by atoms with Crippen LogP contribution in [0, 0.1) is 0 Å². The molecular formula is C32H26F3NO3. The molecule has 0 spiro atoms. The van der Waals surface area contributed by atoms with Gasteiger partial charge in [-0.05, 0) is 64.1 Å². The Bertz CT molecular complexity index is 1590. The molecule has 0 aliphatic heterocycles. The van der Waals surface area contributed by atoms with Gasteiger partial charge in [0.05, 0.1) is 12.7 Å². The Hall–Kier alpha value is -4.52. The second-order valence-corrected chi connectivity index (χ2v) is 9.37. The quantitative estimate of drug-likeness (QED) is 0.215. The Morgan fingerprint density at radius 3 is 2.23 bits per heavy atom. The van der Waals surface area contributed by atoms with Crippen molar-refractivity contribution in [3.05, 3.63) is 126 Å². The van der Waals surface area contributed by atoms with E-state index in [1.165, 1.54) is 19.2 Å². The number of benzene rings is 4. The van der Waals surface area contributed by atoms with Crippen LogP contribution in [0.4, 0.5) is 13.2 Å². The molecule has 198 valence electrons. The number of alkyl halides is 3. The topological polar surface area (TPSA) is 51.3 Å². The molecule has 2 atom stereocenters. The fraction of sp³-hybridized carbons (Fsp3) is 0.156. The first-order chi connectivity index (χ1) is 18.7. The van der Waals surface area contributed by atoms with Gasteiger partial charge in [0.25, 0.3) is 0 Å². The Labute approximate surface area is 224 Å². The van der Waals surface area contributed by atoms with Crippen molar-refractivity contribution in [2.45, 2.75) is 25.1 Å². The minimum Gasteiger partial charge on any atom is -0.465 e. The number of ether oxygens (including phenoxy) is 2. The average molecular weight is 530 g/mol. The van der Waals surface area contributed by atoms with Gasteiger partial charge in [-0.15, -0.1) is 13.2 Å². The number of carbonyl (C=O) groups excluding carboxylic acids is 1. The summed E-state index contributed by atoms with van der Waals surface area (Å²) in [5.41, 5.74) is 6.40. The third-order valence-electron chi connectivity index (χ3n) is 6.98. The predicted molar refractivity (Wildman–Crippen MR) is 145 cm³/mol. The van der Waals surface area contributed by atoms with Crippen molar-refractivity contribution in [3.8, 4) is 16.9 Å². The summed E-state index contributed by atoms with van der Waals surface area (Å²) in [5, 5.41) is 1.11. The van der Waals surface area contributed by atoms with Crippen LogP contribution in [-0.2, 0) is 4.74 Å². The standard InChI is InChI=1S/C32H26F3NO3/c1-20(21-10-12-23(13-11-21)31(37)38-2)30(28-19-36-29-9-4-3-8-27(28)29)25-7-5-6-24(18-25)22-14-16-26(17-15-22)39-32(33,34)35/h3-20,30,36H,1-2H3. The summed E-state index contributed by atoms with van der Waals surface area (Å²) in [6, 6.07) is 29.5. The van der Waals surface area contributed by atoms with Crippen LogP contribution in [0.2, 0.25) is 0 Å². The first-order valence-corrected chi connectivity index (χ1v) is 12.4. The first-order valence-electron chi connectivity index (χ1n) is 12.4. The predicted octanol–water partition coefficient (Wildman–Crippen LogP) is 8.46. The highest BCUT2D eigenvalue weighted by molar-refractivity contribution is 5.89. The number of fused-ring (bicyclic) bond motifs is 1. The summed E-state index contributed by atoms with van der Waals surface area (Å²) < 4.78 is 46.7. The van der Waals surface area contributed by atoms with E-state index in [2.05, 4.69) is 34.8 Å². The molecule has 1 aromatic heterocycles. The van der Waals surface area contributed by atoms with Crippen LogP contribution < -0.4 is 4.74 Å². The number of rotatable bonds is 7. The number of halogens is 3. The fourth-order valence-corrected chi connectivity index (χ4v) is 5.08. The molecule has 0 aliphatic rings. The highest BCUT2D eigenvalue weighted by Crippen LogP contribution is 2.42. The van der Waals surface area contributed by atoms with Gasteiger partial charge in [-0.3, -0.25) is 0 Å². The van der Waals surface area contributed by atoms with Crippen molar-refractivity contribution < 1.29 is 27.4 Å². The van der Waals surface area contributed by atoms with Crippen LogP contribution in [0.1, 0.15) is 45.8 Å². The molecule has 4 aromatic carbocycles. The molecule has 0 saturated heterocycles. The molecule has 4 nitrogen and oxygen atoms in total. The van der Waals surface area contributed by atoms with E-state index in [1.807, 2.05) is 48.7 Å². The van der Waals surface area contributed by atoms with Crippen molar-refractivity contribution in [2.75, 3.05) is 7.11 Å². The summed E-state index contributed by atoms with van der Waals surface area (Å²) >= 11 is 0. The summed E-state index contributed by atoms with van der Waals surface area (Å²) in [6.07, 6.45) is -2.70. The van der Waals surface area contributed by atoms with Crippen LogP contribution in [0.15, 0.2) is 103 Å². The zero-order valence-corrected chi connectivity index (χ0v) is 21.3. The molecule has 5 aromatic rings. The van der Waals surface area contributed by atoms with Gasteiger partial charge in [-0.25, -0.2) is 4.79 Å². The number of para-hydroxylation sites is 1. The lowest BCUT2D eigenvalue weighted by atomic mass is 9.77. The van der Waals surface area contributed by atoms with E-state index in [0.29, 0.717) is 5.56 Å². The molecule has 7 heteroatoms. The molecular weight excluding hydrogens is 503 g/mol. The van der Waals surface area contributed by atoms with E-state index in [1.54, 1.807) is 24.3 Å². The second-order valence-electron chi connectivity index (χ2n) is 9.37. The lowest BCUT2D eigenvalue weighted by Gasteiger charge is -2.26. The van der Waals surface area contributed by atoms with Crippen LogP contribution in [0.25, 0.3) is 22.0 Å². The number of carbonyl (C=O) groups is 1. The SMILES string of the molecule is COC(=O)c1ccc(C(C)C(c2cccc(-c3ccc(OC(F)(F)F)cc3)c2)c2c[nH]c3ccccc23)cc1. The Kier molecular flexibility index (Phi) is 7.15. The molecule has 0 radical (unpaired) electrons. The number of H-pyrrole nitrogens is 1. The molecule has 0 saturated carbocycles. The summed E-state index contributed by atoms with van der Waals surface area (Å²) in [4.78, 5) is 15.3. The van der Waals surface area contributed by atoms with E-state index in [-0.39, 0.29) is 23.6 Å². The second kappa shape index (κ2) is 10.7. The zero-order valence-electron chi connectivity index (χ0n) is 21.3. The monoisotopic (exact) mass is 529 g/mol. The Balaban J connectivity index is 1.55. The van der Waals surface area contributed by atoms with Crippen LogP contribution >= 0.6 is 0 Å². The van der Waals surface area contributed by atoms with Gasteiger partial charge in [0, 0.05) is 23.0 Å². The first kappa shape index (κ1) is 26.1. The van der Waals surface area contributed by atoms with Gasteiger partial charge in [0.15, 0.2) is 0 Å². The molecule has 0 aliphatic carbocycles. The van der Waals surface area contributed by atoms with Crippen molar-refractivity contribution in [2.24, 2.45) is 0 Å². The van der Waals surface area contributed by atoms with E-state index in [9.17, 15) is 18.0 Å². The zero-order chi connectivity index (χ0) is 27.6. The van der Waals surface area contributed by atoms with Gasteiger partial charge in [-0.1, -0.05) is 73.7 Å². The van der Waals surface area contributed by atoms with E-state index >= 15 is 0 Å². The molecule has 39 heavy (non-hydrogen) atoms. The molecule has 1 N–H and O–H groups in total. The third-order valence-corrected chi connectivity index (χ3v) is 6.98. The van der Waals surface area contributed by atoms with E-state index in [0.717, 1.165) is 38.7 Å². The van der Waals surface area contributed by atoms with Gasteiger partial charge < -0.3 is 14.5 Å². The third kappa shape index (κ3) is 5.67.